The Balaban J connectivity index is 1.73. The van der Waals surface area contributed by atoms with Gasteiger partial charge < -0.3 is 4.90 Å². The van der Waals surface area contributed by atoms with Crippen molar-refractivity contribution >= 4 is 5.91 Å². The molecule has 0 radical (unpaired) electrons. The highest BCUT2D eigenvalue weighted by Gasteiger charge is 2.37. The second-order valence-electron chi connectivity index (χ2n) is 6.16. The second-order valence-corrected chi connectivity index (χ2v) is 6.16. The summed E-state index contributed by atoms with van der Waals surface area (Å²) in [5.74, 6) is 1.45. The predicted octanol–water partition coefficient (Wildman–Crippen LogP) is 3.61. The molecule has 19 heavy (non-hydrogen) atoms. The maximum atomic E-state index is 12.6. The molecule has 2 heteroatoms. The third-order valence-electron chi connectivity index (χ3n) is 4.73. The van der Waals surface area contributed by atoms with E-state index < -0.39 is 0 Å². The van der Waals surface area contributed by atoms with E-state index in [9.17, 15) is 4.79 Å². The number of carbonyl (C=O) groups is 1. The van der Waals surface area contributed by atoms with Crippen LogP contribution in [0, 0.1) is 11.8 Å². The lowest BCUT2D eigenvalue weighted by atomic mass is 9.84. The van der Waals surface area contributed by atoms with E-state index in [2.05, 4.69) is 36.1 Å². The Morgan fingerprint density at radius 3 is 2.42 bits per heavy atom. The van der Waals surface area contributed by atoms with Crippen LogP contribution < -0.4 is 0 Å². The summed E-state index contributed by atoms with van der Waals surface area (Å²) in [7, 11) is 0. The maximum Gasteiger partial charge on any atom is 0.226 e. The number of carbonyl (C=O) groups excluding carboxylic acids is 1. The molecule has 2 aliphatic rings. The third kappa shape index (κ3) is 2.83. The molecule has 1 atom stereocenters. The fourth-order valence-electron chi connectivity index (χ4n) is 2.93. The highest BCUT2D eigenvalue weighted by Crippen LogP contribution is 2.38. The molecular weight excluding hydrogens is 234 g/mol. The number of rotatable bonds is 5. The largest absolute Gasteiger partial charge is 0.335 e. The Kier molecular flexibility index (Phi) is 3.58. The zero-order chi connectivity index (χ0) is 13.2. The van der Waals surface area contributed by atoms with Crippen LogP contribution in [0.3, 0.4) is 0 Å². The third-order valence-corrected chi connectivity index (χ3v) is 4.73. The first kappa shape index (κ1) is 12.7. The van der Waals surface area contributed by atoms with Crippen molar-refractivity contribution in [2.45, 2.75) is 51.6 Å². The van der Waals surface area contributed by atoms with Crippen LogP contribution in [0.15, 0.2) is 30.3 Å². The van der Waals surface area contributed by atoms with Crippen LogP contribution in [0.2, 0.25) is 0 Å². The first-order valence-electron chi connectivity index (χ1n) is 7.60. The highest BCUT2D eigenvalue weighted by molar-refractivity contribution is 5.80. The van der Waals surface area contributed by atoms with Crippen LogP contribution in [-0.2, 0) is 11.3 Å². The minimum Gasteiger partial charge on any atom is -0.335 e. The Hall–Kier alpha value is -1.31. The molecule has 0 saturated heterocycles. The van der Waals surface area contributed by atoms with Crippen LogP contribution in [0.1, 0.15) is 44.6 Å². The van der Waals surface area contributed by atoms with Gasteiger partial charge in [-0.1, -0.05) is 36.8 Å². The van der Waals surface area contributed by atoms with E-state index in [4.69, 9.17) is 0 Å². The van der Waals surface area contributed by atoms with Crippen LogP contribution in [0.5, 0.6) is 0 Å². The lowest BCUT2D eigenvalue weighted by molar-refractivity contribution is -0.141. The molecule has 3 rings (SSSR count). The summed E-state index contributed by atoms with van der Waals surface area (Å²) in [6, 6.07) is 10.8. The smallest absolute Gasteiger partial charge is 0.226 e. The van der Waals surface area contributed by atoms with Crippen LogP contribution in [-0.4, -0.2) is 16.8 Å². The van der Waals surface area contributed by atoms with Crippen molar-refractivity contribution in [3.8, 4) is 0 Å². The summed E-state index contributed by atoms with van der Waals surface area (Å²) in [6.45, 7) is 3.02. The van der Waals surface area contributed by atoms with Gasteiger partial charge in [0.2, 0.25) is 5.91 Å². The molecule has 1 aromatic rings. The minimum atomic E-state index is 0.310. The standard InChI is InChI=1S/C17H23NO/c1-13(15-10-11-15)18(17(19)16-8-5-9-16)12-14-6-3-2-4-7-14/h2-4,6-7,13,15-16H,5,8-12H2,1H3. The highest BCUT2D eigenvalue weighted by atomic mass is 16.2. The average Bonchev–Trinajstić information content (AvgIpc) is 3.18. The van der Waals surface area contributed by atoms with Crippen LogP contribution in [0.4, 0.5) is 0 Å². The molecule has 0 heterocycles. The Morgan fingerprint density at radius 2 is 1.89 bits per heavy atom. The Bertz CT molecular complexity index is 434. The summed E-state index contributed by atoms with van der Waals surface area (Å²) in [6.07, 6.45) is 6.02. The van der Waals surface area contributed by atoms with Gasteiger partial charge in [0.05, 0.1) is 0 Å². The monoisotopic (exact) mass is 257 g/mol. The second kappa shape index (κ2) is 5.36. The van der Waals surface area contributed by atoms with Gasteiger partial charge in [-0.2, -0.15) is 0 Å². The molecule has 1 unspecified atom stereocenters. The van der Waals surface area contributed by atoms with E-state index in [1.165, 1.54) is 24.8 Å². The molecular formula is C17H23NO. The normalized spacial score (nSPS) is 20.7. The van der Waals surface area contributed by atoms with E-state index in [1.54, 1.807) is 0 Å². The molecule has 2 saturated carbocycles. The van der Waals surface area contributed by atoms with Crippen molar-refractivity contribution in [1.29, 1.82) is 0 Å². The lowest BCUT2D eigenvalue weighted by Crippen LogP contribution is -2.44. The summed E-state index contributed by atoms with van der Waals surface area (Å²) in [5.41, 5.74) is 1.25. The molecule has 0 N–H and O–H groups in total. The van der Waals surface area contributed by atoms with Gasteiger partial charge in [-0.15, -0.1) is 0 Å². The SMILES string of the molecule is CC(C1CC1)N(Cc1ccccc1)C(=O)C1CCC1. The molecule has 1 amide bonds. The van der Waals surface area contributed by atoms with Gasteiger partial charge in [0.25, 0.3) is 0 Å². The van der Waals surface area contributed by atoms with E-state index in [1.807, 2.05) is 6.07 Å². The van der Waals surface area contributed by atoms with Crippen molar-refractivity contribution < 1.29 is 4.79 Å². The summed E-state index contributed by atoms with van der Waals surface area (Å²) >= 11 is 0. The van der Waals surface area contributed by atoms with E-state index in [-0.39, 0.29) is 0 Å². The maximum absolute atomic E-state index is 12.6. The van der Waals surface area contributed by atoms with Crippen molar-refractivity contribution in [2.24, 2.45) is 11.8 Å². The molecule has 0 aromatic heterocycles. The molecule has 1 aromatic carbocycles. The number of nitrogens with zero attached hydrogens (tertiary/aromatic N) is 1. The topological polar surface area (TPSA) is 20.3 Å². The number of amides is 1. The average molecular weight is 257 g/mol. The van der Waals surface area contributed by atoms with Crippen molar-refractivity contribution in [1.82, 2.24) is 4.90 Å². The molecule has 102 valence electrons. The Labute approximate surface area is 115 Å². The molecule has 0 bridgehead atoms. The lowest BCUT2D eigenvalue weighted by Gasteiger charge is -2.36. The summed E-state index contributed by atoms with van der Waals surface area (Å²) < 4.78 is 0. The van der Waals surface area contributed by atoms with E-state index in [0.29, 0.717) is 17.9 Å². The Morgan fingerprint density at radius 1 is 1.21 bits per heavy atom. The van der Waals surface area contributed by atoms with Gasteiger partial charge in [-0.3, -0.25) is 4.79 Å². The first-order chi connectivity index (χ1) is 9.25. The van der Waals surface area contributed by atoms with Gasteiger partial charge in [-0.05, 0) is 44.1 Å². The van der Waals surface area contributed by atoms with Gasteiger partial charge in [0.15, 0.2) is 0 Å². The van der Waals surface area contributed by atoms with Crippen molar-refractivity contribution in [3.63, 3.8) is 0 Å². The molecule has 0 spiro atoms. The predicted molar refractivity (Wildman–Crippen MR) is 76.5 cm³/mol. The van der Waals surface area contributed by atoms with E-state index >= 15 is 0 Å². The van der Waals surface area contributed by atoms with Crippen molar-refractivity contribution in [3.05, 3.63) is 35.9 Å². The molecule has 0 aliphatic heterocycles. The molecule has 2 aliphatic carbocycles. The minimum absolute atomic E-state index is 0.310. The zero-order valence-electron chi connectivity index (χ0n) is 11.7. The molecule has 2 nitrogen and oxygen atoms in total. The number of hydrogen-bond acceptors (Lipinski definition) is 1. The summed E-state index contributed by atoms with van der Waals surface area (Å²) in [5, 5.41) is 0. The van der Waals surface area contributed by atoms with Gasteiger partial charge in [0, 0.05) is 18.5 Å². The number of benzene rings is 1. The number of hydrogen-bond donors (Lipinski definition) is 0. The van der Waals surface area contributed by atoms with Crippen molar-refractivity contribution in [2.75, 3.05) is 0 Å². The van der Waals surface area contributed by atoms with Crippen LogP contribution in [0.25, 0.3) is 0 Å². The van der Waals surface area contributed by atoms with Gasteiger partial charge in [-0.25, -0.2) is 0 Å². The first-order valence-corrected chi connectivity index (χ1v) is 7.60. The van der Waals surface area contributed by atoms with E-state index in [0.717, 1.165) is 25.3 Å². The summed E-state index contributed by atoms with van der Waals surface area (Å²) in [4.78, 5) is 14.8. The quantitative estimate of drug-likeness (QED) is 0.789. The van der Waals surface area contributed by atoms with Crippen LogP contribution >= 0.6 is 0 Å². The zero-order valence-corrected chi connectivity index (χ0v) is 11.7. The van der Waals surface area contributed by atoms with Gasteiger partial charge in [0.1, 0.15) is 0 Å². The fourth-order valence-corrected chi connectivity index (χ4v) is 2.93. The van der Waals surface area contributed by atoms with Gasteiger partial charge >= 0.3 is 0 Å². The molecule has 2 fully saturated rings. The fraction of sp³-hybridized carbons (Fsp3) is 0.588.